The van der Waals surface area contributed by atoms with Crippen molar-refractivity contribution in [3.8, 4) is 0 Å². The van der Waals surface area contributed by atoms with Crippen LogP contribution in [0.2, 0.25) is 0 Å². The predicted molar refractivity (Wildman–Crippen MR) is 56.7 cm³/mol. The molecule has 1 aromatic heterocycles. The minimum Gasteiger partial charge on any atom is -0.370 e. The Morgan fingerprint density at radius 1 is 1.53 bits per heavy atom. The van der Waals surface area contributed by atoms with Crippen LogP contribution in [0.25, 0.3) is 0 Å². The molecule has 0 aliphatic carbocycles. The first-order valence-electron chi connectivity index (χ1n) is 4.90. The van der Waals surface area contributed by atoms with Crippen LogP contribution in [0.4, 0.5) is 0 Å². The van der Waals surface area contributed by atoms with Gasteiger partial charge in [0.25, 0.3) is 0 Å². The third-order valence-corrected chi connectivity index (χ3v) is 2.07. The van der Waals surface area contributed by atoms with Gasteiger partial charge in [-0.15, -0.1) is 0 Å². The second-order valence-corrected chi connectivity index (χ2v) is 3.36. The van der Waals surface area contributed by atoms with Crippen LogP contribution in [0.1, 0.15) is 12.1 Å². The van der Waals surface area contributed by atoms with Crippen molar-refractivity contribution in [1.82, 2.24) is 14.9 Å². The highest BCUT2D eigenvalue weighted by atomic mass is 16.1. The van der Waals surface area contributed by atoms with Crippen molar-refractivity contribution in [2.75, 3.05) is 19.6 Å². The molecule has 5 N–H and O–H groups in total. The predicted octanol–water partition coefficient (Wildman–Crippen LogP) is -0.954. The summed E-state index contributed by atoms with van der Waals surface area (Å²) in [7, 11) is 0. The van der Waals surface area contributed by atoms with Crippen molar-refractivity contribution in [2.45, 2.75) is 13.0 Å². The molecule has 0 bridgehead atoms. The van der Waals surface area contributed by atoms with Gasteiger partial charge in [0.1, 0.15) is 0 Å². The Bertz CT molecular complexity index is 285. The number of imidazole rings is 1. The van der Waals surface area contributed by atoms with Crippen LogP contribution in [0.5, 0.6) is 0 Å². The van der Waals surface area contributed by atoms with E-state index in [2.05, 4.69) is 14.9 Å². The maximum atomic E-state index is 10.7. The average molecular weight is 211 g/mol. The Kier molecular flexibility index (Phi) is 4.79. The zero-order valence-corrected chi connectivity index (χ0v) is 8.65. The Labute approximate surface area is 88.7 Å². The standard InChI is InChI=1S/C9H17N5O/c10-2-4-14(3-1-9(11)15)6-8-5-12-7-13-8/h5,7H,1-4,6,10H2,(H2,11,15)(H,12,13). The summed E-state index contributed by atoms with van der Waals surface area (Å²) in [5, 5.41) is 0. The van der Waals surface area contributed by atoms with Crippen molar-refractivity contribution >= 4 is 5.91 Å². The highest BCUT2D eigenvalue weighted by molar-refractivity contribution is 5.73. The number of hydrogen-bond acceptors (Lipinski definition) is 4. The summed E-state index contributed by atoms with van der Waals surface area (Å²) in [6.45, 7) is 2.65. The lowest BCUT2D eigenvalue weighted by Crippen LogP contribution is -2.32. The van der Waals surface area contributed by atoms with E-state index in [1.807, 2.05) is 0 Å². The number of nitrogens with zero attached hydrogens (tertiary/aromatic N) is 2. The van der Waals surface area contributed by atoms with E-state index in [1.165, 1.54) is 0 Å². The molecule has 1 rings (SSSR count). The molecular weight excluding hydrogens is 194 g/mol. The smallest absolute Gasteiger partial charge is 0.218 e. The molecule has 84 valence electrons. The van der Waals surface area contributed by atoms with Crippen LogP contribution in [-0.4, -0.2) is 40.4 Å². The topological polar surface area (TPSA) is 101 Å². The highest BCUT2D eigenvalue weighted by Gasteiger charge is 2.07. The molecule has 0 unspecified atom stereocenters. The summed E-state index contributed by atoms with van der Waals surface area (Å²) in [6.07, 6.45) is 3.74. The maximum absolute atomic E-state index is 10.7. The van der Waals surface area contributed by atoms with Gasteiger partial charge in [0.15, 0.2) is 0 Å². The first-order valence-corrected chi connectivity index (χ1v) is 4.90. The third-order valence-electron chi connectivity index (χ3n) is 2.07. The van der Waals surface area contributed by atoms with Crippen LogP contribution in [0, 0.1) is 0 Å². The third kappa shape index (κ3) is 4.57. The highest BCUT2D eigenvalue weighted by Crippen LogP contribution is 2.00. The molecule has 0 saturated heterocycles. The Morgan fingerprint density at radius 3 is 2.87 bits per heavy atom. The number of primary amides is 1. The lowest BCUT2D eigenvalue weighted by molar-refractivity contribution is -0.118. The average Bonchev–Trinajstić information content (AvgIpc) is 2.67. The van der Waals surface area contributed by atoms with Crippen LogP contribution in [-0.2, 0) is 11.3 Å². The van der Waals surface area contributed by atoms with Crippen molar-refractivity contribution in [1.29, 1.82) is 0 Å². The van der Waals surface area contributed by atoms with Gasteiger partial charge in [0.05, 0.1) is 6.33 Å². The number of H-pyrrole nitrogens is 1. The van der Waals surface area contributed by atoms with Crippen molar-refractivity contribution in [2.24, 2.45) is 11.5 Å². The molecule has 0 aliphatic rings. The number of nitrogens with one attached hydrogen (secondary N) is 1. The van der Waals surface area contributed by atoms with Crippen LogP contribution < -0.4 is 11.5 Å². The van der Waals surface area contributed by atoms with Crippen molar-refractivity contribution < 1.29 is 4.79 Å². The molecule has 1 aromatic rings. The first-order chi connectivity index (χ1) is 7.22. The van der Waals surface area contributed by atoms with E-state index >= 15 is 0 Å². The number of carbonyl (C=O) groups is 1. The summed E-state index contributed by atoms with van der Waals surface area (Å²) in [5.41, 5.74) is 11.6. The quantitative estimate of drug-likeness (QED) is 0.541. The molecule has 0 fully saturated rings. The lowest BCUT2D eigenvalue weighted by Gasteiger charge is -2.19. The SMILES string of the molecule is NCCN(CCC(N)=O)Cc1cnc[nH]1. The van der Waals surface area contributed by atoms with Crippen LogP contribution in [0.15, 0.2) is 12.5 Å². The summed E-state index contributed by atoms with van der Waals surface area (Å²) < 4.78 is 0. The molecule has 15 heavy (non-hydrogen) atoms. The molecule has 0 atom stereocenters. The number of rotatable bonds is 7. The second kappa shape index (κ2) is 6.15. The molecule has 1 amide bonds. The zero-order valence-electron chi connectivity index (χ0n) is 8.65. The largest absolute Gasteiger partial charge is 0.370 e. The molecule has 0 aromatic carbocycles. The monoisotopic (exact) mass is 211 g/mol. The van der Waals surface area contributed by atoms with Crippen LogP contribution >= 0.6 is 0 Å². The first kappa shape index (κ1) is 11.7. The fraction of sp³-hybridized carbons (Fsp3) is 0.556. The number of carbonyl (C=O) groups excluding carboxylic acids is 1. The van der Waals surface area contributed by atoms with Gasteiger partial charge in [0.2, 0.25) is 5.91 Å². The van der Waals surface area contributed by atoms with Gasteiger partial charge in [-0.2, -0.15) is 0 Å². The summed E-state index contributed by atoms with van der Waals surface area (Å²) >= 11 is 0. The molecule has 0 saturated carbocycles. The number of nitrogens with two attached hydrogens (primary N) is 2. The van der Waals surface area contributed by atoms with Gasteiger partial charge in [0, 0.05) is 44.5 Å². The lowest BCUT2D eigenvalue weighted by atomic mass is 10.3. The van der Waals surface area contributed by atoms with E-state index < -0.39 is 0 Å². The normalized spacial score (nSPS) is 10.8. The van der Waals surface area contributed by atoms with Gasteiger partial charge in [-0.3, -0.25) is 9.69 Å². The Morgan fingerprint density at radius 2 is 2.33 bits per heavy atom. The summed E-state index contributed by atoms with van der Waals surface area (Å²) in [6, 6.07) is 0. The van der Waals surface area contributed by atoms with Gasteiger partial charge in [-0.25, -0.2) is 4.98 Å². The van der Waals surface area contributed by atoms with E-state index in [0.717, 1.165) is 12.2 Å². The van der Waals surface area contributed by atoms with Gasteiger partial charge in [-0.05, 0) is 0 Å². The Hall–Kier alpha value is -1.40. The minimum atomic E-state index is -0.290. The molecule has 0 radical (unpaired) electrons. The molecular formula is C9H17N5O. The fourth-order valence-electron chi connectivity index (χ4n) is 1.33. The zero-order chi connectivity index (χ0) is 11.1. The molecule has 1 heterocycles. The maximum Gasteiger partial charge on any atom is 0.218 e. The molecule has 0 spiro atoms. The summed E-state index contributed by atoms with van der Waals surface area (Å²) in [4.78, 5) is 19.7. The van der Waals surface area contributed by atoms with Crippen molar-refractivity contribution in [3.05, 3.63) is 18.2 Å². The molecule has 6 nitrogen and oxygen atoms in total. The van der Waals surface area contributed by atoms with E-state index in [-0.39, 0.29) is 5.91 Å². The van der Waals surface area contributed by atoms with E-state index in [9.17, 15) is 4.79 Å². The number of aromatic amines is 1. The molecule has 6 heteroatoms. The van der Waals surface area contributed by atoms with Gasteiger partial charge < -0.3 is 16.5 Å². The Balaban J connectivity index is 2.39. The van der Waals surface area contributed by atoms with Crippen LogP contribution in [0.3, 0.4) is 0 Å². The molecule has 0 aliphatic heterocycles. The second-order valence-electron chi connectivity index (χ2n) is 3.36. The number of aromatic nitrogens is 2. The summed E-state index contributed by atoms with van der Waals surface area (Å²) in [5.74, 6) is -0.290. The van der Waals surface area contributed by atoms with Gasteiger partial charge in [-0.1, -0.05) is 0 Å². The van der Waals surface area contributed by atoms with E-state index in [0.29, 0.717) is 26.1 Å². The van der Waals surface area contributed by atoms with E-state index in [1.54, 1.807) is 12.5 Å². The number of hydrogen-bond donors (Lipinski definition) is 3. The van der Waals surface area contributed by atoms with E-state index in [4.69, 9.17) is 11.5 Å². The fourth-order valence-corrected chi connectivity index (χ4v) is 1.33. The number of amides is 1. The minimum absolute atomic E-state index is 0.290. The van der Waals surface area contributed by atoms with Gasteiger partial charge >= 0.3 is 0 Å². The van der Waals surface area contributed by atoms with Crippen molar-refractivity contribution in [3.63, 3.8) is 0 Å².